The van der Waals surface area contributed by atoms with Gasteiger partial charge in [0, 0.05) is 55.4 Å². The Kier molecular flexibility index (Phi) is 8.18. The lowest BCUT2D eigenvalue weighted by molar-refractivity contribution is -0.136. The highest BCUT2D eigenvalue weighted by Crippen LogP contribution is 2.41. The van der Waals surface area contributed by atoms with Crippen LogP contribution in [0.2, 0.25) is 0 Å². The van der Waals surface area contributed by atoms with Crippen LogP contribution < -0.4 is 5.32 Å². The number of urea groups is 1. The van der Waals surface area contributed by atoms with Crippen molar-refractivity contribution >= 4 is 29.2 Å². The Balaban J connectivity index is 1.48. The predicted molar refractivity (Wildman–Crippen MR) is 136 cm³/mol. The van der Waals surface area contributed by atoms with E-state index in [1.54, 1.807) is 29.8 Å². The third-order valence-electron chi connectivity index (χ3n) is 7.41. The summed E-state index contributed by atoms with van der Waals surface area (Å²) in [6.07, 6.45) is 5.80. The van der Waals surface area contributed by atoms with Crippen molar-refractivity contribution in [1.29, 1.82) is 0 Å². The maximum Gasteiger partial charge on any atom is 0.325 e. The van der Waals surface area contributed by atoms with E-state index < -0.39 is 5.54 Å². The molecule has 2 aliphatic heterocycles. The number of rotatable bonds is 10. The molecular formula is C26H35N5O3S. The summed E-state index contributed by atoms with van der Waals surface area (Å²) in [7, 11) is 0. The van der Waals surface area contributed by atoms with Gasteiger partial charge in [0.1, 0.15) is 0 Å². The largest absolute Gasteiger partial charge is 0.343 e. The van der Waals surface area contributed by atoms with Crippen LogP contribution in [0.25, 0.3) is 0 Å². The molecular weight excluding hydrogens is 462 g/mol. The van der Waals surface area contributed by atoms with Crippen LogP contribution in [0.1, 0.15) is 43.6 Å². The van der Waals surface area contributed by atoms with Gasteiger partial charge in [-0.15, -0.1) is 11.3 Å². The van der Waals surface area contributed by atoms with Crippen LogP contribution in [0.15, 0.2) is 42.0 Å². The molecule has 0 aliphatic carbocycles. The second-order valence-electron chi connectivity index (χ2n) is 9.20. The van der Waals surface area contributed by atoms with Gasteiger partial charge in [-0.1, -0.05) is 26.0 Å². The minimum Gasteiger partial charge on any atom is -0.343 e. The van der Waals surface area contributed by atoms with Gasteiger partial charge in [-0.25, -0.2) is 4.79 Å². The Bertz CT molecular complexity index is 1000. The fraction of sp³-hybridized carbons (Fsp3) is 0.538. The standard InChI is InChI=1S/C26H35N5O3S/c1-3-29(4-2)14-12-23(32)30-15-9-20(10-16-30)26(21-7-5-13-27-19-21)24(33)31(25(34)28-26)17-11-22-8-6-18-35-22/h5-8,13,18-20H,3-4,9-12,14-17H2,1-2H3,(H,28,34). The van der Waals surface area contributed by atoms with Gasteiger partial charge >= 0.3 is 6.03 Å². The Morgan fingerprint density at radius 2 is 1.97 bits per heavy atom. The van der Waals surface area contributed by atoms with Crippen LogP contribution >= 0.6 is 11.3 Å². The summed E-state index contributed by atoms with van der Waals surface area (Å²) >= 11 is 1.62. The molecule has 2 aliphatic rings. The van der Waals surface area contributed by atoms with Crippen LogP contribution in [0.3, 0.4) is 0 Å². The Morgan fingerprint density at radius 1 is 1.20 bits per heavy atom. The van der Waals surface area contributed by atoms with Crippen molar-refractivity contribution in [2.75, 3.05) is 39.3 Å². The zero-order valence-electron chi connectivity index (χ0n) is 20.6. The molecule has 1 N–H and O–H groups in total. The lowest BCUT2D eigenvalue weighted by Crippen LogP contribution is -2.54. The van der Waals surface area contributed by atoms with E-state index in [1.165, 1.54) is 4.90 Å². The molecule has 0 spiro atoms. The molecule has 8 nitrogen and oxygen atoms in total. The second-order valence-corrected chi connectivity index (χ2v) is 10.2. The number of pyridine rings is 1. The summed E-state index contributed by atoms with van der Waals surface area (Å²) in [5.74, 6) is -0.162. The molecule has 1 atom stereocenters. The fourth-order valence-corrected chi connectivity index (χ4v) is 5.99. The van der Waals surface area contributed by atoms with E-state index in [0.29, 0.717) is 50.9 Å². The molecule has 4 rings (SSSR count). The van der Waals surface area contributed by atoms with Crippen molar-refractivity contribution in [3.05, 3.63) is 52.5 Å². The molecule has 35 heavy (non-hydrogen) atoms. The van der Waals surface area contributed by atoms with Crippen LogP contribution in [-0.2, 0) is 21.5 Å². The summed E-state index contributed by atoms with van der Waals surface area (Å²) in [5.41, 5.74) is -0.430. The third kappa shape index (κ3) is 5.26. The maximum atomic E-state index is 13.9. The average molecular weight is 498 g/mol. The first-order chi connectivity index (χ1) is 17.0. The summed E-state index contributed by atoms with van der Waals surface area (Å²) < 4.78 is 0. The number of piperidine rings is 1. The number of imide groups is 1. The Morgan fingerprint density at radius 3 is 2.60 bits per heavy atom. The predicted octanol–water partition coefficient (Wildman–Crippen LogP) is 3.10. The molecule has 0 radical (unpaired) electrons. The molecule has 2 saturated heterocycles. The average Bonchev–Trinajstić information content (AvgIpc) is 3.50. The highest BCUT2D eigenvalue weighted by molar-refractivity contribution is 7.09. The first-order valence-corrected chi connectivity index (χ1v) is 13.4. The number of thiophene rings is 1. The van der Waals surface area contributed by atoms with E-state index in [2.05, 4.69) is 29.0 Å². The lowest BCUT2D eigenvalue weighted by atomic mass is 9.73. The Labute approximate surface area is 211 Å². The number of hydrogen-bond donors (Lipinski definition) is 1. The number of carbonyl (C=O) groups excluding carboxylic acids is 3. The van der Waals surface area contributed by atoms with Crippen LogP contribution in [0, 0.1) is 5.92 Å². The SMILES string of the molecule is CCN(CC)CCC(=O)N1CCC(C2(c3cccnc3)NC(=O)N(CCc3cccs3)C2=O)CC1. The minimum atomic E-state index is -1.14. The molecule has 2 aromatic heterocycles. The second kappa shape index (κ2) is 11.3. The number of nitrogens with one attached hydrogen (secondary N) is 1. The van der Waals surface area contributed by atoms with Crippen LogP contribution in [0.5, 0.6) is 0 Å². The number of likely N-dealkylation sites (tertiary alicyclic amines) is 1. The normalized spacial score (nSPS) is 21.1. The van der Waals surface area contributed by atoms with Crippen molar-refractivity contribution in [1.82, 2.24) is 25.0 Å². The van der Waals surface area contributed by atoms with Crippen molar-refractivity contribution < 1.29 is 14.4 Å². The molecule has 2 fully saturated rings. The van der Waals surface area contributed by atoms with Crippen molar-refractivity contribution in [3.8, 4) is 0 Å². The maximum absolute atomic E-state index is 13.9. The van der Waals surface area contributed by atoms with Gasteiger partial charge in [-0.05, 0) is 55.8 Å². The topological polar surface area (TPSA) is 85.8 Å². The monoisotopic (exact) mass is 497 g/mol. The zero-order chi connectivity index (χ0) is 24.8. The van der Waals surface area contributed by atoms with E-state index in [9.17, 15) is 14.4 Å². The van der Waals surface area contributed by atoms with Crippen LogP contribution in [-0.4, -0.2) is 76.8 Å². The van der Waals surface area contributed by atoms with Crippen molar-refractivity contribution in [2.24, 2.45) is 5.92 Å². The van der Waals surface area contributed by atoms with Gasteiger partial charge in [0.25, 0.3) is 5.91 Å². The van der Waals surface area contributed by atoms with Gasteiger partial charge in [0.2, 0.25) is 5.91 Å². The molecule has 4 heterocycles. The first kappa shape index (κ1) is 25.3. The quantitative estimate of drug-likeness (QED) is 0.510. The highest BCUT2D eigenvalue weighted by atomic mass is 32.1. The highest BCUT2D eigenvalue weighted by Gasteiger charge is 2.57. The van der Waals surface area contributed by atoms with E-state index in [1.807, 2.05) is 28.5 Å². The summed E-state index contributed by atoms with van der Waals surface area (Å²) in [6, 6.07) is 7.31. The van der Waals surface area contributed by atoms with Gasteiger partial charge in [0.15, 0.2) is 5.54 Å². The first-order valence-electron chi connectivity index (χ1n) is 12.6. The molecule has 0 saturated carbocycles. The minimum absolute atomic E-state index is 0.110. The number of aromatic nitrogens is 1. The van der Waals surface area contributed by atoms with E-state index in [-0.39, 0.29) is 23.8 Å². The van der Waals surface area contributed by atoms with Gasteiger partial charge in [-0.2, -0.15) is 0 Å². The van der Waals surface area contributed by atoms with Gasteiger partial charge < -0.3 is 15.1 Å². The molecule has 2 aromatic rings. The van der Waals surface area contributed by atoms with E-state index in [0.717, 1.165) is 24.5 Å². The zero-order valence-corrected chi connectivity index (χ0v) is 21.4. The molecule has 0 aromatic carbocycles. The molecule has 1 unspecified atom stereocenters. The molecule has 4 amide bonds. The summed E-state index contributed by atoms with van der Waals surface area (Å²) in [4.78, 5) is 50.7. The summed E-state index contributed by atoms with van der Waals surface area (Å²) in [6.45, 7) is 8.36. The van der Waals surface area contributed by atoms with Gasteiger partial charge in [-0.3, -0.25) is 19.5 Å². The smallest absolute Gasteiger partial charge is 0.325 e. The number of hydrogen-bond acceptors (Lipinski definition) is 6. The van der Waals surface area contributed by atoms with E-state index in [4.69, 9.17) is 0 Å². The Hall–Kier alpha value is -2.78. The summed E-state index contributed by atoms with van der Waals surface area (Å²) in [5, 5.41) is 5.07. The third-order valence-corrected chi connectivity index (χ3v) is 8.34. The number of carbonyl (C=O) groups is 3. The lowest BCUT2D eigenvalue weighted by Gasteiger charge is -2.41. The van der Waals surface area contributed by atoms with Gasteiger partial charge in [0.05, 0.1) is 0 Å². The molecule has 9 heteroatoms. The van der Waals surface area contributed by atoms with Crippen molar-refractivity contribution in [2.45, 2.75) is 45.1 Å². The van der Waals surface area contributed by atoms with Crippen molar-refractivity contribution in [3.63, 3.8) is 0 Å². The van der Waals surface area contributed by atoms with Crippen LogP contribution in [0.4, 0.5) is 4.79 Å². The number of amides is 4. The molecule has 188 valence electrons. The fourth-order valence-electron chi connectivity index (χ4n) is 5.29. The number of nitrogens with zero attached hydrogens (tertiary/aromatic N) is 4. The molecule has 0 bridgehead atoms. The van der Waals surface area contributed by atoms with E-state index >= 15 is 0 Å².